The fourth-order valence-electron chi connectivity index (χ4n) is 4.05. The fourth-order valence-corrected chi connectivity index (χ4v) is 4.05. The minimum absolute atomic E-state index is 0. The van der Waals surface area contributed by atoms with Crippen LogP contribution in [0.3, 0.4) is 0 Å². The van der Waals surface area contributed by atoms with Crippen molar-refractivity contribution in [2.75, 3.05) is 13.1 Å². The number of nitrogens with two attached hydrogens (primary N) is 2. The molecule has 5 nitrogen and oxygen atoms in total. The third-order valence-electron chi connectivity index (χ3n) is 5.84. The Bertz CT molecular complexity index is 1230. The van der Waals surface area contributed by atoms with E-state index >= 15 is 0 Å². The largest absolute Gasteiger partial charge is 0.350 e. The van der Waals surface area contributed by atoms with Crippen LogP contribution in [0.2, 0.25) is 0 Å². The molecule has 0 aliphatic rings. The number of nitrogens with one attached hydrogen (secondary N) is 2. The summed E-state index contributed by atoms with van der Waals surface area (Å²) in [6.07, 6.45) is 2.22. The number of carbonyl (C=O) groups is 1. The van der Waals surface area contributed by atoms with Crippen LogP contribution in [0.1, 0.15) is 34.5 Å². The average Bonchev–Trinajstić information content (AvgIpc) is 3.20. The van der Waals surface area contributed by atoms with E-state index in [-0.39, 0.29) is 42.6 Å². The van der Waals surface area contributed by atoms with E-state index in [2.05, 4.69) is 22.4 Å². The van der Waals surface area contributed by atoms with E-state index in [0.717, 1.165) is 46.0 Å². The Hall–Kier alpha value is -2.90. The molecule has 0 radical (unpaired) electrons. The van der Waals surface area contributed by atoms with Gasteiger partial charge in [-0.15, -0.1) is 24.8 Å². The zero-order chi connectivity index (χ0) is 23.2. The highest BCUT2D eigenvalue weighted by atomic mass is 35.5. The average molecular weight is 517 g/mol. The third kappa shape index (κ3) is 7.05. The number of aromatic nitrogens is 1. The second kappa shape index (κ2) is 13.3. The van der Waals surface area contributed by atoms with E-state index in [4.69, 9.17) is 11.5 Å². The predicted octanol–water partition coefficient (Wildman–Crippen LogP) is 5.20. The lowest BCUT2D eigenvalue weighted by Gasteiger charge is -2.12. The monoisotopic (exact) mass is 516 g/mol. The first-order valence-electron chi connectivity index (χ1n) is 11.2. The van der Waals surface area contributed by atoms with E-state index < -0.39 is 0 Å². The summed E-state index contributed by atoms with van der Waals surface area (Å²) in [4.78, 5) is 16.5. The van der Waals surface area contributed by atoms with Crippen molar-refractivity contribution in [2.24, 2.45) is 11.5 Å². The van der Waals surface area contributed by atoms with Gasteiger partial charge in [-0.05, 0) is 59.8 Å². The van der Waals surface area contributed by atoms with Gasteiger partial charge in [0.05, 0.1) is 0 Å². The van der Waals surface area contributed by atoms with Gasteiger partial charge in [-0.25, -0.2) is 4.39 Å². The fraction of sp³-hybridized carbons (Fsp3) is 0.222. The van der Waals surface area contributed by atoms with E-state index in [1.807, 2.05) is 36.4 Å². The van der Waals surface area contributed by atoms with Gasteiger partial charge >= 0.3 is 0 Å². The van der Waals surface area contributed by atoms with Gasteiger partial charge in [0.1, 0.15) is 11.5 Å². The number of H-pyrrole nitrogens is 1. The highest BCUT2D eigenvalue weighted by Crippen LogP contribution is 2.30. The van der Waals surface area contributed by atoms with Crippen LogP contribution < -0.4 is 16.8 Å². The van der Waals surface area contributed by atoms with E-state index in [9.17, 15) is 9.18 Å². The van der Waals surface area contributed by atoms with Gasteiger partial charge in [-0.3, -0.25) is 4.79 Å². The van der Waals surface area contributed by atoms with Crippen LogP contribution >= 0.6 is 24.8 Å². The Balaban J connectivity index is 0.00000216. The maximum Gasteiger partial charge on any atom is 0.268 e. The van der Waals surface area contributed by atoms with E-state index in [0.29, 0.717) is 25.2 Å². The van der Waals surface area contributed by atoms with Crippen LogP contribution in [0.4, 0.5) is 4.39 Å². The zero-order valence-corrected chi connectivity index (χ0v) is 20.9. The molecule has 1 atom stereocenters. The number of benzene rings is 3. The summed E-state index contributed by atoms with van der Waals surface area (Å²) >= 11 is 0. The summed E-state index contributed by atoms with van der Waals surface area (Å²) in [6.45, 7) is 0.973. The molecule has 0 aliphatic heterocycles. The molecule has 1 unspecified atom stereocenters. The van der Waals surface area contributed by atoms with Crippen molar-refractivity contribution >= 4 is 41.6 Å². The maximum atomic E-state index is 13.3. The molecule has 0 fully saturated rings. The lowest BCUT2D eigenvalue weighted by Crippen LogP contribution is -2.37. The molecule has 1 aromatic heterocycles. The molecule has 4 aromatic rings. The standard InChI is InChI=1S/C27H29FN4O.2ClH/c28-21-11-8-19(9-12-21)20-10-13-23-24(15-18-5-2-1-3-6-18)26(32-25(23)16-20)27(33)31-17-22(30)7-4-14-29;;/h1-3,5-6,8-13,16,22,32H,4,7,14-15,17,29-30H2,(H,31,33);2*1H. The molecule has 35 heavy (non-hydrogen) atoms. The number of carbonyl (C=O) groups excluding carboxylic acids is 1. The first-order valence-corrected chi connectivity index (χ1v) is 11.2. The topological polar surface area (TPSA) is 96.9 Å². The molecule has 3 aromatic carbocycles. The maximum absolute atomic E-state index is 13.3. The van der Waals surface area contributed by atoms with Crippen LogP contribution in [0.15, 0.2) is 72.8 Å². The van der Waals surface area contributed by atoms with Crippen LogP contribution in [-0.2, 0) is 6.42 Å². The van der Waals surface area contributed by atoms with Crippen molar-refractivity contribution in [2.45, 2.75) is 25.3 Å². The van der Waals surface area contributed by atoms with Crippen molar-refractivity contribution in [3.8, 4) is 11.1 Å². The minimum atomic E-state index is -0.270. The van der Waals surface area contributed by atoms with E-state index in [1.165, 1.54) is 12.1 Å². The molecule has 0 saturated carbocycles. The van der Waals surface area contributed by atoms with Crippen molar-refractivity contribution < 1.29 is 9.18 Å². The van der Waals surface area contributed by atoms with Crippen molar-refractivity contribution in [1.82, 2.24) is 10.3 Å². The quantitative estimate of drug-likeness (QED) is 0.246. The Kier molecular flexibility index (Phi) is 10.7. The Morgan fingerprint density at radius 1 is 0.971 bits per heavy atom. The second-order valence-corrected chi connectivity index (χ2v) is 8.31. The number of fused-ring (bicyclic) bond motifs is 1. The molecule has 0 aliphatic carbocycles. The molecule has 1 amide bonds. The molecule has 4 rings (SSSR count). The number of amides is 1. The van der Waals surface area contributed by atoms with Gasteiger partial charge < -0.3 is 21.8 Å². The molecular formula is C27H31Cl2FN4O. The summed E-state index contributed by atoms with van der Waals surface area (Å²) in [7, 11) is 0. The number of halogens is 3. The van der Waals surface area contributed by atoms with Crippen LogP contribution in [0.5, 0.6) is 0 Å². The zero-order valence-electron chi connectivity index (χ0n) is 19.3. The van der Waals surface area contributed by atoms with Gasteiger partial charge in [0, 0.05) is 29.9 Å². The predicted molar refractivity (Wildman–Crippen MR) is 146 cm³/mol. The molecule has 6 N–H and O–H groups in total. The summed E-state index contributed by atoms with van der Waals surface area (Å²) in [5.41, 5.74) is 17.0. The molecule has 8 heteroatoms. The summed E-state index contributed by atoms with van der Waals surface area (Å²) in [5, 5.41) is 3.96. The van der Waals surface area contributed by atoms with Gasteiger partial charge in [0.2, 0.25) is 0 Å². The number of hydrogen-bond acceptors (Lipinski definition) is 3. The lowest BCUT2D eigenvalue weighted by atomic mass is 9.99. The highest BCUT2D eigenvalue weighted by Gasteiger charge is 2.19. The number of hydrogen-bond donors (Lipinski definition) is 4. The third-order valence-corrected chi connectivity index (χ3v) is 5.84. The normalized spacial score (nSPS) is 11.4. The Morgan fingerprint density at radius 2 is 1.66 bits per heavy atom. The van der Waals surface area contributed by atoms with Crippen LogP contribution in [-0.4, -0.2) is 30.0 Å². The summed E-state index contributed by atoms with van der Waals surface area (Å²) in [6, 6.07) is 22.3. The second-order valence-electron chi connectivity index (χ2n) is 8.31. The molecule has 0 saturated heterocycles. The number of rotatable bonds is 9. The SMILES string of the molecule is Cl.Cl.NCCCC(N)CNC(=O)c1[nH]c2cc(-c3ccc(F)cc3)ccc2c1Cc1ccccc1. The van der Waals surface area contributed by atoms with E-state index in [1.54, 1.807) is 12.1 Å². The lowest BCUT2D eigenvalue weighted by molar-refractivity contribution is 0.0945. The molecular weight excluding hydrogens is 486 g/mol. The van der Waals surface area contributed by atoms with Gasteiger partial charge in [-0.1, -0.05) is 54.6 Å². The minimum Gasteiger partial charge on any atom is -0.350 e. The number of aromatic amines is 1. The van der Waals surface area contributed by atoms with Gasteiger partial charge in [0.25, 0.3) is 5.91 Å². The Morgan fingerprint density at radius 3 is 2.34 bits per heavy atom. The van der Waals surface area contributed by atoms with Crippen molar-refractivity contribution in [1.29, 1.82) is 0 Å². The van der Waals surface area contributed by atoms with Gasteiger partial charge in [0.15, 0.2) is 0 Å². The smallest absolute Gasteiger partial charge is 0.268 e. The molecule has 0 bridgehead atoms. The first kappa shape index (κ1) is 28.3. The summed E-state index contributed by atoms with van der Waals surface area (Å²) < 4.78 is 13.3. The van der Waals surface area contributed by atoms with Gasteiger partial charge in [-0.2, -0.15) is 0 Å². The van der Waals surface area contributed by atoms with Crippen molar-refractivity contribution in [3.05, 3.63) is 95.4 Å². The molecule has 186 valence electrons. The Labute approximate surface area is 217 Å². The van der Waals surface area contributed by atoms with Crippen LogP contribution in [0.25, 0.3) is 22.0 Å². The first-order chi connectivity index (χ1) is 16.0. The summed E-state index contributed by atoms with van der Waals surface area (Å²) in [5.74, 6) is -0.447. The highest BCUT2D eigenvalue weighted by molar-refractivity contribution is 6.02. The van der Waals surface area contributed by atoms with Crippen molar-refractivity contribution in [3.63, 3.8) is 0 Å². The molecule has 0 spiro atoms. The molecule has 1 heterocycles. The van der Waals surface area contributed by atoms with Crippen LogP contribution in [0, 0.1) is 5.82 Å².